The van der Waals surface area contributed by atoms with Gasteiger partial charge in [-0.1, -0.05) is 12.1 Å². The summed E-state index contributed by atoms with van der Waals surface area (Å²) in [7, 11) is 1.53. The van der Waals surface area contributed by atoms with Gasteiger partial charge in [-0.2, -0.15) is 13.2 Å². The molecule has 0 saturated heterocycles. The Balaban J connectivity index is 2.61. The number of rotatable bonds is 7. The van der Waals surface area contributed by atoms with Crippen LogP contribution in [0.3, 0.4) is 0 Å². The maximum absolute atomic E-state index is 12.1. The molecule has 3 N–H and O–H groups in total. The summed E-state index contributed by atoms with van der Waals surface area (Å²) in [6, 6.07) is 6.91. The Labute approximate surface area is 133 Å². The average molecular weight is 333 g/mol. The van der Waals surface area contributed by atoms with Gasteiger partial charge in [-0.05, 0) is 24.6 Å². The number of benzene rings is 1. The highest BCUT2D eigenvalue weighted by molar-refractivity contribution is 5.79. The molecule has 0 aromatic heterocycles. The lowest BCUT2D eigenvalue weighted by atomic mass is 10.1. The molecule has 0 spiro atoms. The number of aliphatic imine (C=N–C) groups is 1. The molecule has 0 bridgehead atoms. The zero-order chi connectivity index (χ0) is 17.3. The van der Waals surface area contributed by atoms with Crippen LogP contribution in [0.1, 0.15) is 25.0 Å². The molecular weight excluding hydrogens is 311 g/mol. The Hall–Kier alpha value is -1.96. The highest BCUT2D eigenvalue weighted by atomic mass is 19.4. The van der Waals surface area contributed by atoms with E-state index in [1.807, 2.05) is 0 Å². The molecule has 0 aliphatic heterocycles. The Morgan fingerprint density at radius 3 is 2.70 bits per heavy atom. The molecule has 1 atom stereocenters. The minimum Gasteiger partial charge on any atom is -0.497 e. The number of nitrogens with one attached hydrogen (secondary N) is 2. The summed E-state index contributed by atoms with van der Waals surface area (Å²) in [5.74, 6) is 0.847. The number of aliphatic hydroxyl groups is 1. The second-order valence-corrected chi connectivity index (χ2v) is 4.80. The van der Waals surface area contributed by atoms with Crippen molar-refractivity contribution in [2.24, 2.45) is 4.99 Å². The second-order valence-electron chi connectivity index (χ2n) is 4.80. The first-order chi connectivity index (χ1) is 10.9. The molecule has 0 aliphatic rings. The molecule has 1 unspecified atom stereocenters. The monoisotopic (exact) mass is 333 g/mol. The number of aliphatic hydroxyl groups excluding tert-OH is 1. The van der Waals surface area contributed by atoms with E-state index in [0.29, 0.717) is 17.9 Å². The number of guanidine groups is 1. The molecule has 0 fully saturated rings. The lowest BCUT2D eigenvalue weighted by molar-refractivity contribution is -0.132. The van der Waals surface area contributed by atoms with Gasteiger partial charge in [0.2, 0.25) is 0 Å². The molecule has 1 aromatic carbocycles. The molecule has 130 valence electrons. The van der Waals surface area contributed by atoms with Crippen LogP contribution < -0.4 is 15.4 Å². The third kappa shape index (κ3) is 7.73. The molecule has 8 heteroatoms. The van der Waals surface area contributed by atoms with Gasteiger partial charge in [-0.15, -0.1) is 0 Å². The third-order valence-electron chi connectivity index (χ3n) is 2.95. The SMILES string of the molecule is CCNC(=NCC(O)c1cccc(OC)c1)NCCC(F)(F)F. The molecule has 1 aromatic rings. The summed E-state index contributed by atoms with van der Waals surface area (Å²) in [6.45, 7) is 2.06. The summed E-state index contributed by atoms with van der Waals surface area (Å²) in [5.41, 5.74) is 0.624. The standard InChI is InChI=1S/C15H22F3N3O2/c1-3-19-14(20-8-7-15(16,17)18)21-10-13(22)11-5-4-6-12(9-11)23-2/h4-6,9,13,22H,3,7-8,10H2,1-2H3,(H2,19,20,21). The average Bonchev–Trinajstić information content (AvgIpc) is 2.51. The molecule has 0 saturated carbocycles. The van der Waals surface area contributed by atoms with Crippen molar-refractivity contribution in [3.63, 3.8) is 0 Å². The predicted molar refractivity (Wildman–Crippen MR) is 82.6 cm³/mol. The van der Waals surface area contributed by atoms with E-state index in [-0.39, 0.29) is 19.0 Å². The van der Waals surface area contributed by atoms with Gasteiger partial charge >= 0.3 is 6.18 Å². The fourth-order valence-corrected chi connectivity index (χ4v) is 1.80. The van der Waals surface area contributed by atoms with Gasteiger partial charge in [0.05, 0.1) is 26.2 Å². The van der Waals surface area contributed by atoms with E-state index in [1.165, 1.54) is 7.11 Å². The fraction of sp³-hybridized carbons (Fsp3) is 0.533. The van der Waals surface area contributed by atoms with Crippen molar-refractivity contribution >= 4 is 5.96 Å². The van der Waals surface area contributed by atoms with Gasteiger partial charge in [0.15, 0.2) is 5.96 Å². The highest BCUT2D eigenvalue weighted by Gasteiger charge is 2.26. The number of hydrogen-bond donors (Lipinski definition) is 3. The molecule has 0 aliphatic carbocycles. The van der Waals surface area contributed by atoms with Crippen LogP contribution in [0, 0.1) is 0 Å². The maximum atomic E-state index is 12.1. The van der Waals surface area contributed by atoms with Crippen LogP contribution in [0.2, 0.25) is 0 Å². The first kappa shape index (κ1) is 19.1. The van der Waals surface area contributed by atoms with Gasteiger partial charge in [0.25, 0.3) is 0 Å². The van der Waals surface area contributed by atoms with Crippen molar-refractivity contribution in [1.82, 2.24) is 10.6 Å². The van der Waals surface area contributed by atoms with Crippen molar-refractivity contribution < 1.29 is 23.0 Å². The summed E-state index contributed by atoms with van der Waals surface area (Å²) < 4.78 is 41.5. The van der Waals surface area contributed by atoms with Crippen molar-refractivity contribution in [3.8, 4) is 5.75 Å². The van der Waals surface area contributed by atoms with Crippen LogP contribution in [-0.4, -0.2) is 44.0 Å². The zero-order valence-electron chi connectivity index (χ0n) is 13.2. The van der Waals surface area contributed by atoms with Gasteiger partial charge in [-0.3, -0.25) is 4.99 Å². The van der Waals surface area contributed by atoms with Crippen LogP contribution in [0.15, 0.2) is 29.3 Å². The minimum absolute atomic E-state index is 0.0223. The Morgan fingerprint density at radius 2 is 2.09 bits per heavy atom. The van der Waals surface area contributed by atoms with Crippen LogP contribution in [0.5, 0.6) is 5.75 Å². The van der Waals surface area contributed by atoms with E-state index < -0.39 is 18.7 Å². The third-order valence-corrected chi connectivity index (χ3v) is 2.95. The topological polar surface area (TPSA) is 65.9 Å². The van der Waals surface area contributed by atoms with Gasteiger partial charge in [-0.25, -0.2) is 0 Å². The van der Waals surface area contributed by atoms with Gasteiger partial charge in [0.1, 0.15) is 5.75 Å². The molecule has 0 amide bonds. The summed E-state index contributed by atoms with van der Waals surface area (Å²) >= 11 is 0. The largest absolute Gasteiger partial charge is 0.497 e. The van der Waals surface area contributed by atoms with E-state index in [1.54, 1.807) is 31.2 Å². The lowest BCUT2D eigenvalue weighted by Crippen LogP contribution is -2.39. The smallest absolute Gasteiger partial charge is 0.390 e. The van der Waals surface area contributed by atoms with Crippen molar-refractivity contribution in [3.05, 3.63) is 29.8 Å². The van der Waals surface area contributed by atoms with Crippen LogP contribution in [-0.2, 0) is 0 Å². The Kier molecular flexibility index (Phi) is 7.67. The number of nitrogens with zero attached hydrogens (tertiary/aromatic N) is 1. The summed E-state index contributed by atoms with van der Waals surface area (Å²) in [4.78, 5) is 4.10. The quantitative estimate of drug-likeness (QED) is 0.529. The molecule has 0 radical (unpaired) electrons. The number of hydrogen-bond acceptors (Lipinski definition) is 3. The van der Waals surface area contributed by atoms with E-state index in [4.69, 9.17) is 4.74 Å². The maximum Gasteiger partial charge on any atom is 0.390 e. The Morgan fingerprint density at radius 1 is 1.35 bits per heavy atom. The molecule has 5 nitrogen and oxygen atoms in total. The first-order valence-corrected chi connectivity index (χ1v) is 7.26. The van der Waals surface area contributed by atoms with E-state index in [2.05, 4.69) is 15.6 Å². The van der Waals surface area contributed by atoms with Crippen molar-refractivity contribution in [1.29, 1.82) is 0 Å². The van der Waals surface area contributed by atoms with Gasteiger partial charge in [0, 0.05) is 13.1 Å². The lowest BCUT2D eigenvalue weighted by Gasteiger charge is -2.14. The van der Waals surface area contributed by atoms with E-state index in [9.17, 15) is 18.3 Å². The molecule has 1 rings (SSSR count). The predicted octanol–water partition coefficient (Wildman–Crippen LogP) is 2.24. The van der Waals surface area contributed by atoms with Gasteiger partial charge < -0.3 is 20.5 Å². The number of halogens is 3. The number of ether oxygens (including phenoxy) is 1. The van der Waals surface area contributed by atoms with Crippen LogP contribution in [0.25, 0.3) is 0 Å². The van der Waals surface area contributed by atoms with E-state index in [0.717, 1.165) is 0 Å². The summed E-state index contributed by atoms with van der Waals surface area (Å²) in [5, 5.41) is 15.5. The van der Waals surface area contributed by atoms with Crippen LogP contribution in [0.4, 0.5) is 13.2 Å². The summed E-state index contributed by atoms with van der Waals surface area (Å²) in [6.07, 6.45) is -6.04. The normalized spacial score (nSPS) is 13.6. The van der Waals surface area contributed by atoms with Crippen LogP contribution >= 0.6 is 0 Å². The number of alkyl halides is 3. The Bertz CT molecular complexity index is 507. The minimum atomic E-state index is -4.22. The molecular formula is C15H22F3N3O2. The van der Waals surface area contributed by atoms with Crippen molar-refractivity contribution in [2.75, 3.05) is 26.7 Å². The highest BCUT2D eigenvalue weighted by Crippen LogP contribution is 2.19. The van der Waals surface area contributed by atoms with Crippen molar-refractivity contribution in [2.45, 2.75) is 25.6 Å². The molecule has 0 heterocycles. The first-order valence-electron chi connectivity index (χ1n) is 7.26. The zero-order valence-corrected chi connectivity index (χ0v) is 13.2. The second kappa shape index (κ2) is 9.24. The molecule has 23 heavy (non-hydrogen) atoms. The number of methoxy groups -OCH3 is 1. The fourth-order valence-electron chi connectivity index (χ4n) is 1.80. The van der Waals surface area contributed by atoms with E-state index >= 15 is 0 Å².